The normalized spacial score (nSPS) is 20.9. The molecule has 19 nitrogen and oxygen atoms in total. The van der Waals surface area contributed by atoms with Gasteiger partial charge in [-0.2, -0.15) is 9.29 Å². The van der Waals surface area contributed by atoms with Crippen LogP contribution in [-0.4, -0.2) is 96.9 Å². The Hall–Kier alpha value is -3.58. The molecule has 65 heavy (non-hydrogen) atoms. The Morgan fingerprint density at radius 3 is 2.11 bits per heavy atom. The second kappa shape index (κ2) is 32.2. The molecular formula is C44H71N3O16P2. The largest absolute Gasteiger partial charge is 0.481 e. The van der Waals surface area contributed by atoms with Gasteiger partial charge in [0.25, 0.3) is 0 Å². The first-order valence-corrected chi connectivity index (χ1v) is 25.3. The van der Waals surface area contributed by atoms with Crippen LogP contribution in [0, 0.1) is 5.92 Å². The standard InChI is InChI=1S/C44H71N3O16P2/c1-4-5-6-7-8-9-10-11-12-13-14-18-21-25-35(48)26-23-28-40(50)61-36(31-58-39(49)27-22-19-16-15-17-20-24-34(2)3)32-59-64(54,55)63-65(56,57)60-33-37-41(51)42(52)43(62-37)47-30-29-38(45)46-44(47)53/h5-6,8-9,11-12,14,18,21,25,29-30,34-37,41-43,48,51-52H,4,7,10,13,15-17,19-20,22-24,26-28,31-33H2,1-3H3,(H,54,55)(H,56,57)(H2,45,46,53)/b6-5-,9-8-,12-11-,18-14-,25-21+/t35?,36-,37-,41-,42-,43-/m1/s1. The lowest BCUT2D eigenvalue weighted by molar-refractivity contribution is -0.161. The number of allylic oxidation sites excluding steroid dienone is 9. The van der Waals surface area contributed by atoms with E-state index in [1.165, 1.54) is 12.5 Å². The summed E-state index contributed by atoms with van der Waals surface area (Å²) >= 11 is 0. The molecule has 1 aromatic heterocycles. The molecule has 0 saturated carbocycles. The minimum absolute atomic E-state index is 0.0806. The summed E-state index contributed by atoms with van der Waals surface area (Å²) in [6.07, 6.45) is 22.6. The summed E-state index contributed by atoms with van der Waals surface area (Å²) in [7, 11) is -10.9. The van der Waals surface area contributed by atoms with E-state index in [0.29, 0.717) is 12.3 Å². The Kier molecular flexibility index (Phi) is 28.5. The fourth-order valence-corrected chi connectivity index (χ4v) is 8.28. The third kappa shape index (κ3) is 26.4. The smallest absolute Gasteiger partial charge is 0.462 e. The number of nitrogens with zero attached hydrogens (tertiary/aromatic N) is 2. The van der Waals surface area contributed by atoms with E-state index in [9.17, 15) is 48.6 Å². The number of nitrogen functional groups attached to an aromatic ring is 1. The van der Waals surface area contributed by atoms with Crippen molar-refractivity contribution < 1.29 is 71.4 Å². The molecule has 1 aromatic rings. The van der Waals surface area contributed by atoms with Crippen molar-refractivity contribution in [2.24, 2.45) is 5.92 Å². The summed E-state index contributed by atoms with van der Waals surface area (Å²) in [4.78, 5) is 61.6. The minimum Gasteiger partial charge on any atom is -0.462 e. The van der Waals surface area contributed by atoms with Crippen LogP contribution in [-0.2, 0) is 46.3 Å². The van der Waals surface area contributed by atoms with Crippen molar-refractivity contribution in [3.63, 3.8) is 0 Å². The quantitative estimate of drug-likeness (QED) is 0.0136. The Morgan fingerprint density at radius 2 is 1.45 bits per heavy atom. The van der Waals surface area contributed by atoms with Crippen LogP contribution < -0.4 is 11.4 Å². The van der Waals surface area contributed by atoms with Crippen LogP contribution in [0.15, 0.2) is 77.8 Å². The number of carbonyl (C=O) groups excluding carboxylic acids is 2. The number of aromatic nitrogens is 2. The number of phosphoric acid groups is 2. The van der Waals surface area contributed by atoms with Gasteiger partial charge in [-0.25, -0.2) is 13.9 Å². The molecule has 0 spiro atoms. The predicted octanol–water partition coefficient (Wildman–Crippen LogP) is 6.82. The number of nitrogens with two attached hydrogens (primary N) is 1. The highest BCUT2D eigenvalue weighted by Gasteiger charge is 2.46. The number of unbranched alkanes of at least 4 members (excludes halogenated alkanes) is 5. The van der Waals surface area contributed by atoms with Crippen molar-refractivity contribution in [2.75, 3.05) is 25.6 Å². The van der Waals surface area contributed by atoms with E-state index in [2.05, 4.69) is 60.4 Å². The lowest BCUT2D eigenvalue weighted by Gasteiger charge is -2.21. The fraction of sp³-hybridized carbons (Fsp3) is 0.636. The maximum atomic E-state index is 12.8. The molecule has 1 saturated heterocycles. The number of esters is 2. The number of carbonyl (C=O) groups is 2. The summed E-state index contributed by atoms with van der Waals surface area (Å²) in [5, 5.41) is 31.2. The van der Waals surface area contributed by atoms with Crippen LogP contribution in [0.3, 0.4) is 0 Å². The van der Waals surface area contributed by atoms with Gasteiger partial charge in [0.2, 0.25) is 0 Å². The third-order valence-corrected chi connectivity index (χ3v) is 12.3. The highest BCUT2D eigenvalue weighted by molar-refractivity contribution is 7.61. The first kappa shape index (κ1) is 57.5. The van der Waals surface area contributed by atoms with Crippen molar-refractivity contribution in [1.29, 1.82) is 0 Å². The topological polar surface area (TPSA) is 286 Å². The molecule has 21 heteroatoms. The molecule has 0 radical (unpaired) electrons. The maximum Gasteiger partial charge on any atom is 0.481 e. The molecule has 2 rings (SSSR count). The molecule has 368 valence electrons. The summed E-state index contributed by atoms with van der Waals surface area (Å²) in [6, 6.07) is 1.23. The molecule has 0 aromatic carbocycles. The van der Waals surface area contributed by atoms with E-state index in [0.717, 1.165) is 68.6 Å². The van der Waals surface area contributed by atoms with Crippen LogP contribution in [0.25, 0.3) is 0 Å². The van der Waals surface area contributed by atoms with Crippen molar-refractivity contribution in [3.05, 3.63) is 83.5 Å². The number of aliphatic hydroxyl groups excluding tert-OH is 3. The molecule has 3 unspecified atom stereocenters. The third-order valence-electron chi connectivity index (χ3n) is 9.65. The average Bonchev–Trinajstić information content (AvgIpc) is 3.51. The number of hydrogen-bond donors (Lipinski definition) is 6. The van der Waals surface area contributed by atoms with E-state index in [-0.39, 0.29) is 31.5 Å². The molecular weight excluding hydrogens is 888 g/mol. The number of phosphoric ester groups is 2. The molecule has 1 aliphatic heterocycles. The second-order valence-electron chi connectivity index (χ2n) is 15.8. The molecule has 8 atom stereocenters. The summed E-state index contributed by atoms with van der Waals surface area (Å²) < 4.78 is 56.3. The van der Waals surface area contributed by atoms with Crippen molar-refractivity contribution in [2.45, 2.75) is 154 Å². The van der Waals surface area contributed by atoms with Gasteiger partial charge < -0.3 is 45.1 Å². The van der Waals surface area contributed by atoms with Gasteiger partial charge >= 0.3 is 33.3 Å². The van der Waals surface area contributed by atoms with Gasteiger partial charge in [-0.15, -0.1) is 0 Å². The van der Waals surface area contributed by atoms with Gasteiger partial charge in [0.1, 0.15) is 30.7 Å². The predicted molar refractivity (Wildman–Crippen MR) is 244 cm³/mol. The highest BCUT2D eigenvalue weighted by atomic mass is 31.3. The van der Waals surface area contributed by atoms with Crippen LogP contribution in [0.2, 0.25) is 0 Å². The van der Waals surface area contributed by atoms with Crippen LogP contribution in [0.1, 0.15) is 123 Å². The summed E-state index contributed by atoms with van der Waals surface area (Å²) in [5.41, 5.74) is 4.55. The molecule has 7 N–H and O–H groups in total. The van der Waals surface area contributed by atoms with E-state index in [4.69, 9.17) is 29.0 Å². The Morgan fingerprint density at radius 1 is 0.831 bits per heavy atom. The molecule has 0 bridgehead atoms. The van der Waals surface area contributed by atoms with Crippen LogP contribution in [0.4, 0.5) is 5.82 Å². The highest BCUT2D eigenvalue weighted by Crippen LogP contribution is 2.60. The monoisotopic (exact) mass is 959 g/mol. The zero-order chi connectivity index (χ0) is 48.1. The van der Waals surface area contributed by atoms with Gasteiger partial charge in [0, 0.05) is 19.0 Å². The number of anilines is 1. The fourth-order valence-electron chi connectivity index (χ4n) is 6.17. The lowest BCUT2D eigenvalue weighted by atomic mass is 10.0. The van der Waals surface area contributed by atoms with Crippen molar-refractivity contribution in [3.8, 4) is 0 Å². The lowest BCUT2D eigenvalue weighted by Crippen LogP contribution is -2.36. The van der Waals surface area contributed by atoms with E-state index >= 15 is 0 Å². The molecule has 1 aliphatic rings. The zero-order valence-electron chi connectivity index (χ0n) is 37.8. The molecule has 1 fully saturated rings. The SMILES string of the molecule is CC/C=C\C/C=C\C/C=C\C/C=C\C=C\C(O)CCCC(=O)O[C@H](COC(=O)CCCCCCCCC(C)C)COP(=O)(O)OP(=O)(O)OC[C@H]1O[C@@H](n2ccc(N)nc2=O)[C@H](O)[C@@H]1O. The van der Waals surface area contributed by atoms with E-state index in [1.54, 1.807) is 18.2 Å². The summed E-state index contributed by atoms with van der Waals surface area (Å²) in [5.74, 6) is -0.869. The molecule has 2 heterocycles. The number of aliphatic hydroxyl groups is 3. The van der Waals surface area contributed by atoms with Crippen LogP contribution >= 0.6 is 15.6 Å². The number of rotatable bonds is 34. The van der Waals surface area contributed by atoms with Crippen LogP contribution in [0.5, 0.6) is 0 Å². The first-order chi connectivity index (χ1) is 30.9. The van der Waals surface area contributed by atoms with E-state index in [1.807, 2.05) is 12.2 Å². The van der Waals surface area contributed by atoms with Gasteiger partial charge in [-0.05, 0) is 56.9 Å². The van der Waals surface area contributed by atoms with E-state index < -0.39 is 89.8 Å². The average molecular weight is 960 g/mol. The van der Waals surface area contributed by atoms with Gasteiger partial charge in [-0.1, -0.05) is 120 Å². The Bertz CT molecular complexity index is 1850. The Balaban J connectivity index is 1.90. The van der Waals surface area contributed by atoms with Gasteiger partial charge in [-0.3, -0.25) is 23.2 Å². The van der Waals surface area contributed by atoms with Gasteiger partial charge in [0.05, 0.1) is 19.3 Å². The zero-order valence-corrected chi connectivity index (χ0v) is 39.6. The van der Waals surface area contributed by atoms with Gasteiger partial charge in [0.15, 0.2) is 12.3 Å². The Labute approximate surface area is 382 Å². The minimum atomic E-state index is -5.46. The maximum absolute atomic E-state index is 12.8. The summed E-state index contributed by atoms with van der Waals surface area (Å²) in [6.45, 7) is 3.98. The van der Waals surface area contributed by atoms with Crippen molar-refractivity contribution >= 4 is 33.4 Å². The first-order valence-electron chi connectivity index (χ1n) is 22.3. The molecule has 0 amide bonds. The number of ether oxygens (including phenoxy) is 3. The van der Waals surface area contributed by atoms with Crippen molar-refractivity contribution in [1.82, 2.24) is 9.55 Å². The second-order valence-corrected chi connectivity index (χ2v) is 18.9. The number of hydrogen-bond acceptors (Lipinski definition) is 16. The molecule has 0 aliphatic carbocycles.